The van der Waals surface area contributed by atoms with E-state index in [0.717, 1.165) is 17.0 Å². The third-order valence-electron chi connectivity index (χ3n) is 2.83. The highest BCUT2D eigenvalue weighted by atomic mass is 16.4. The molecule has 6 nitrogen and oxygen atoms in total. The van der Waals surface area contributed by atoms with Crippen LogP contribution in [-0.4, -0.2) is 25.2 Å². The minimum absolute atomic E-state index is 0.383. The fourth-order valence-electron chi connectivity index (χ4n) is 1.74. The highest BCUT2D eigenvalue weighted by Gasteiger charge is 2.10. The number of rotatable bonds is 3. The van der Waals surface area contributed by atoms with E-state index in [4.69, 9.17) is 4.42 Å². The average molecular weight is 255 g/mol. The summed E-state index contributed by atoms with van der Waals surface area (Å²) in [5, 5.41) is 12.3. The maximum absolute atomic E-state index is 5.49. The lowest BCUT2D eigenvalue weighted by atomic mass is 10.2. The third-order valence-corrected chi connectivity index (χ3v) is 2.83. The van der Waals surface area contributed by atoms with Crippen LogP contribution in [0.1, 0.15) is 17.3 Å². The lowest BCUT2D eigenvalue weighted by Crippen LogP contribution is -2.04. The lowest BCUT2D eigenvalue weighted by Gasteiger charge is -1.93. The number of hydrogen-bond acceptors (Lipinski definition) is 5. The van der Waals surface area contributed by atoms with Gasteiger partial charge in [-0.15, -0.1) is 10.2 Å². The van der Waals surface area contributed by atoms with Crippen molar-refractivity contribution in [2.75, 3.05) is 0 Å². The molecule has 6 heteroatoms. The van der Waals surface area contributed by atoms with Gasteiger partial charge < -0.3 is 4.42 Å². The molecule has 3 rings (SSSR count). The first-order valence-electron chi connectivity index (χ1n) is 5.98. The predicted molar refractivity (Wildman–Crippen MR) is 68.3 cm³/mol. The molecule has 0 saturated heterocycles. The molecular formula is C13H13N5O. The molecule has 2 aromatic heterocycles. The normalized spacial score (nSPS) is 10.8. The van der Waals surface area contributed by atoms with Crippen molar-refractivity contribution in [2.45, 2.75) is 20.4 Å². The summed E-state index contributed by atoms with van der Waals surface area (Å²) < 4.78 is 5.49. The molecule has 0 aliphatic rings. The quantitative estimate of drug-likeness (QED) is 0.715. The van der Waals surface area contributed by atoms with E-state index in [1.54, 1.807) is 0 Å². The van der Waals surface area contributed by atoms with E-state index in [-0.39, 0.29) is 0 Å². The number of benzene rings is 1. The van der Waals surface area contributed by atoms with Crippen LogP contribution in [0.4, 0.5) is 0 Å². The van der Waals surface area contributed by atoms with Crippen molar-refractivity contribution in [2.24, 2.45) is 0 Å². The molecule has 0 bridgehead atoms. The van der Waals surface area contributed by atoms with Crippen LogP contribution in [0.3, 0.4) is 0 Å². The maximum Gasteiger partial charge on any atom is 0.218 e. The summed E-state index contributed by atoms with van der Waals surface area (Å²) in [5.74, 6) is 2.01. The second-order valence-corrected chi connectivity index (χ2v) is 4.26. The number of hydrogen-bond donors (Lipinski definition) is 0. The zero-order valence-corrected chi connectivity index (χ0v) is 10.7. The minimum atomic E-state index is 0.383. The van der Waals surface area contributed by atoms with Crippen LogP contribution in [0.2, 0.25) is 0 Å². The van der Waals surface area contributed by atoms with Gasteiger partial charge in [0.05, 0.1) is 5.69 Å². The van der Waals surface area contributed by atoms with Crippen LogP contribution < -0.4 is 0 Å². The number of aromatic nitrogens is 5. The van der Waals surface area contributed by atoms with Crippen LogP contribution in [0.5, 0.6) is 0 Å². The van der Waals surface area contributed by atoms with Crippen LogP contribution >= 0.6 is 0 Å². The van der Waals surface area contributed by atoms with Gasteiger partial charge in [0, 0.05) is 5.56 Å². The summed E-state index contributed by atoms with van der Waals surface area (Å²) in [6.07, 6.45) is 0. The monoisotopic (exact) mass is 255 g/mol. The highest BCUT2D eigenvalue weighted by molar-refractivity contribution is 5.52. The molecule has 0 amide bonds. The minimum Gasteiger partial charge on any atom is -0.444 e. The zero-order chi connectivity index (χ0) is 13.2. The Morgan fingerprint density at radius 3 is 2.63 bits per heavy atom. The first-order valence-corrected chi connectivity index (χ1v) is 5.98. The predicted octanol–water partition coefficient (Wildman–Crippen LogP) is 1.99. The summed E-state index contributed by atoms with van der Waals surface area (Å²) in [4.78, 5) is 5.77. The van der Waals surface area contributed by atoms with Crippen molar-refractivity contribution in [3.63, 3.8) is 0 Å². The van der Waals surface area contributed by atoms with E-state index >= 15 is 0 Å². The highest BCUT2D eigenvalue weighted by Crippen LogP contribution is 2.13. The average Bonchev–Trinajstić information content (AvgIpc) is 2.99. The SMILES string of the molecule is Cc1nc(Cn2nnc(-c3ccccc3)n2)oc1C. The van der Waals surface area contributed by atoms with E-state index in [1.165, 1.54) is 4.80 Å². The molecule has 0 aliphatic carbocycles. The number of aryl methyl sites for hydroxylation is 2. The Morgan fingerprint density at radius 1 is 1.16 bits per heavy atom. The van der Waals surface area contributed by atoms with Crippen LogP contribution in [0.15, 0.2) is 34.7 Å². The lowest BCUT2D eigenvalue weighted by molar-refractivity contribution is 0.425. The van der Waals surface area contributed by atoms with E-state index in [0.29, 0.717) is 18.3 Å². The second kappa shape index (κ2) is 4.64. The van der Waals surface area contributed by atoms with Gasteiger partial charge in [0.1, 0.15) is 12.3 Å². The van der Waals surface area contributed by atoms with Gasteiger partial charge in [0.25, 0.3) is 0 Å². The van der Waals surface area contributed by atoms with Crippen LogP contribution in [0.25, 0.3) is 11.4 Å². The molecule has 3 aromatic rings. The number of oxazole rings is 1. The fraction of sp³-hybridized carbons (Fsp3) is 0.231. The zero-order valence-electron chi connectivity index (χ0n) is 10.7. The summed E-state index contributed by atoms with van der Waals surface area (Å²) in [7, 11) is 0. The molecule has 1 aromatic carbocycles. The van der Waals surface area contributed by atoms with Gasteiger partial charge in [0.15, 0.2) is 0 Å². The van der Waals surface area contributed by atoms with Crippen molar-refractivity contribution in [3.05, 3.63) is 47.7 Å². The van der Waals surface area contributed by atoms with Crippen molar-refractivity contribution >= 4 is 0 Å². The fourth-order valence-corrected chi connectivity index (χ4v) is 1.74. The van der Waals surface area contributed by atoms with Gasteiger partial charge in [-0.3, -0.25) is 0 Å². The Bertz CT molecular complexity index is 667. The maximum atomic E-state index is 5.49. The van der Waals surface area contributed by atoms with Crippen molar-refractivity contribution < 1.29 is 4.42 Å². The Balaban J connectivity index is 1.82. The Labute approximate surface area is 110 Å². The topological polar surface area (TPSA) is 69.6 Å². The number of tetrazole rings is 1. The van der Waals surface area contributed by atoms with Crippen LogP contribution in [0, 0.1) is 13.8 Å². The molecule has 0 spiro atoms. The molecule has 0 radical (unpaired) electrons. The molecule has 0 aliphatic heterocycles. The van der Waals surface area contributed by atoms with Crippen molar-refractivity contribution in [1.82, 2.24) is 25.2 Å². The van der Waals surface area contributed by atoms with E-state index < -0.39 is 0 Å². The summed E-state index contributed by atoms with van der Waals surface area (Å²) in [6.45, 7) is 4.18. The van der Waals surface area contributed by atoms with E-state index in [9.17, 15) is 0 Å². The summed E-state index contributed by atoms with van der Waals surface area (Å²) in [5.41, 5.74) is 1.83. The van der Waals surface area contributed by atoms with E-state index in [1.807, 2.05) is 44.2 Å². The van der Waals surface area contributed by atoms with E-state index in [2.05, 4.69) is 20.4 Å². The number of nitrogens with zero attached hydrogens (tertiary/aromatic N) is 5. The van der Waals surface area contributed by atoms with Gasteiger partial charge in [-0.25, -0.2) is 4.98 Å². The molecule has 0 N–H and O–H groups in total. The Hall–Kier alpha value is -2.50. The first-order chi connectivity index (χ1) is 9.22. The molecule has 2 heterocycles. The third kappa shape index (κ3) is 2.37. The van der Waals surface area contributed by atoms with Gasteiger partial charge in [-0.2, -0.15) is 4.80 Å². The second-order valence-electron chi connectivity index (χ2n) is 4.26. The van der Waals surface area contributed by atoms with Gasteiger partial charge in [0.2, 0.25) is 11.7 Å². The Kier molecular flexibility index (Phi) is 2.83. The van der Waals surface area contributed by atoms with Gasteiger partial charge in [-0.05, 0) is 19.1 Å². The van der Waals surface area contributed by atoms with Crippen molar-refractivity contribution in [1.29, 1.82) is 0 Å². The summed E-state index contributed by atoms with van der Waals surface area (Å²) in [6, 6.07) is 9.72. The standard InChI is InChI=1S/C13H13N5O/c1-9-10(2)19-12(14-9)8-18-16-13(15-17-18)11-6-4-3-5-7-11/h3-7H,8H2,1-2H3. The van der Waals surface area contributed by atoms with Crippen molar-refractivity contribution in [3.8, 4) is 11.4 Å². The van der Waals surface area contributed by atoms with Crippen LogP contribution in [-0.2, 0) is 6.54 Å². The molecule has 0 atom stereocenters. The molecule has 0 unspecified atom stereocenters. The van der Waals surface area contributed by atoms with Gasteiger partial charge >= 0.3 is 0 Å². The Morgan fingerprint density at radius 2 is 1.95 bits per heavy atom. The largest absolute Gasteiger partial charge is 0.444 e. The first kappa shape index (κ1) is 11.6. The summed E-state index contributed by atoms with van der Waals surface area (Å²) >= 11 is 0. The smallest absolute Gasteiger partial charge is 0.218 e. The van der Waals surface area contributed by atoms with Gasteiger partial charge in [-0.1, -0.05) is 30.3 Å². The molecule has 0 saturated carbocycles. The molecule has 19 heavy (non-hydrogen) atoms. The molecule has 96 valence electrons. The molecular weight excluding hydrogens is 242 g/mol. The molecule has 0 fully saturated rings.